The summed E-state index contributed by atoms with van der Waals surface area (Å²) in [5.74, 6) is 0.986. The lowest BCUT2D eigenvalue weighted by Crippen LogP contribution is -1.98. The number of aromatic amines is 1. The van der Waals surface area contributed by atoms with Gasteiger partial charge in [0.25, 0.3) is 0 Å². The van der Waals surface area contributed by atoms with Crippen molar-refractivity contribution >= 4 is 34.4 Å². The minimum atomic E-state index is 0.240. The molecule has 0 saturated carbocycles. The predicted octanol–water partition coefficient (Wildman–Crippen LogP) is 4.28. The number of halogens is 1. The number of fused-ring (bicyclic) bond motifs is 1. The Morgan fingerprint density at radius 3 is 2.70 bits per heavy atom. The summed E-state index contributed by atoms with van der Waals surface area (Å²) in [7, 11) is 0. The Labute approximate surface area is 126 Å². The zero-order valence-corrected chi connectivity index (χ0v) is 12.7. The molecule has 0 bridgehead atoms. The first-order chi connectivity index (χ1) is 9.61. The standard InChI is InChI=1S/C14H13ClN4S/c1-8(2)13-18-11(15)7-12(19-13)20-14-16-9-5-3-4-6-10(9)17-14/h3-8H,1-2H3,(H,16,17). The van der Waals surface area contributed by atoms with Crippen LogP contribution in [0.15, 0.2) is 40.5 Å². The van der Waals surface area contributed by atoms with Crippen LogP contribution in [0.3, 0.4) is 0 Å². The molecule has 0 aliphatic rings. The lowest BCUT2D eigenvalue weighted by Gasteiger charge is -2.05. The van der Waals surface area contributed by atoms with Gasteiger partial charge < -0.3 is 4.98 Å². The number of nitrogens with zero attached hydrogens (tertiary/aromatic N) is 3. The second kappa shape index (κ2) is 5.42. The Morgan fingerprint density at radius 2 is 1.95 bits per heavy atom. The van der Waals surface area contributed by atoms with Crippen molar-refractivity contribution in [1.82, 2.24) is 19.9 Å². The molecule has 0 unspecified atom stereocenters. The number of H-pyrrole nitrogens is 1. The van der Waals surface area contributed by atoms with Crippen LogP contribution in [0.1, 0.15) is 25.6 Å². The molecule has 3 rings (SSSR count). The van der Waals surface area contributed by atoms with Gasteiger partial charge in [0.15, 0.2) is 5.16 Å². The maximum absolute atomic E-state index is 6.04. The summed E-state index contributed by atoms with van der Waals surface area (Å²) in [6.45, 7) is 4.09. The molecule has 0 atom stereocenters. The summed E-state index contributed by atoms with van der Waals surface area (Å²) < 4.78 is 0. The number of rotatable bonds is 3. The molecule has 0 saturated heterocycles. The third-order valence-corrected chi connectivity index (χ3v) is 3.77. The van der Waals surface area contributed by atoms with Gasteiger partial charge in [0.1, 0.15) is 16.0 Å². The molecule has 0 amide bonds. The van der Waals surface area contributed by atoms with Gasteiger partial charge in [-0.3, -0.25) is 0 Å². The largest absolute Gasteiger partial charge is 0.333 e. The third-order valence-electron chi connectivity index (χ3n) is 2.77. The van der Waals surface area contributed by atoms with Gasteiger partial charge in [0.2, 0.25) is 0 Å². The fourth-order valence-electron chi connectivity index (χ4n) is 1.80. The van der Waals surface area contributed by atoms with Crippen molar-refractivity contribution in [3.05, 3.63) is 41.3 Å². The number of nitrogens with one attached hydrogen (secondary N) is 1. The van der Waals surface area contributed by atoms with Crippen molar-refractivity contribution in [2.24, 2.45) is 0 Å². The van der Waals surface area contributed by atoms with Crippen LogP contribution >= 0.6 is 23.4 Å². The average molecular weight is 305 g/mol. The van der Waals surface area contributed by atoms with Crippen LogP contribution in [0.5, 0.6) is 0 Å². The molecule has 0 aliphatic heterocycles. The van der Waals surface area contributed by atoms with Gasteiger partial charge >= 0.3 is 0 Å². The second-order valence-corrected chi connectivity index (χ2v) is 6.10. The summed E-state index contributed by atoms with van der Waals surface area (Å²) in [6.07, 6.45) is 0. The molecule has 0 radical (unpaired) electrons. The predicted molar refractivity (Wildman–Crippen MR) is 81.3 cm³/mol. The summed E-state index contributed by atoms with van der Waals surface area (Å²) in [5.41, 5.74) is 1.96. The Morgan fingerprint density at radius 1 is 1.15 bits per heavy atom. The zero-order valence-electron chi connectivity index (χ0n) is 11.1. The van der Waals surface area contributed by atoms with Crippen LogP contribution < -0.4 is 0 Å². The van der Waals surface area contributed by atoms with Gasteiger partial charge in [-0.2, -0.15) is 0 Å². The molecule has 0 aliphatic carbocycles. The Balaban J connectivity index is 1.94. The number of hydrogen-bond donors (Lipinski definition) is 1. The van der Waals surface area contributed by atoms with E-state index in [-0.39, 0.29) is 5.92 Å². The summed E-state index contributed by atoms with van der Waals surface area (Å²) in [4.78, 5) is 16.5. The van der Waals surface area contributed by atoms with Crippen molar-refractivity contribution in [3.8, 4) is 0 Å². The number of aromatic nitrogens is 4. The van der Waals surface area contributed by atoms with Gasteiger partial charge in [-0.25, -0.2) is 15.0 Å². The van der Waals surface area contributed by atoms with E-state index in [1.54, 1.807) is 6.07 Å². The van der Waals surface area contributed by atoms with E-state index in [0.29, 0.717) is 5.15 Å². The molecule has 1 N–H and O–H groups in total. The van der Waals surface area contributed by atoms with E-state index in [2.05, 4.69) is 19.9 Å². The maximum atomic E-state index is 6.04. The van der Waals surface area contributed by atoms with E-state index < -0.39 is 0 Å². The van der Waals surface area contributed by atoms with Crippen molar-refractivity contribution in [1.29, 1.82) is 0 Å². The third kappa shape index (κ3) is 2.78. The first-order valence-corrected chi connectivity index (χ1v) is 7.48. The van der Waals surface area contributed by atoms with E-state index >= 15 is 0 Å². The van der Waals surface area contributed by atoms with Crippen LogP contribution in [0, 0.1) is 0 Å². The Bertz CT molecular complexity index is 721. The first kappa shape index (κ1) is 13.4. The smallest absolute Gasteiger partial charge is 0.172 e. The number of para-hydroxylation sites is 2. The highest BCUT2D eigenvalue weighted by molar-refractivity contribution is 7.99. The van der Waals surface area contributed by atoms with Gasteiger partial charge in [-0.1, -0.05) is 37.6 Å². The van der Waals surface area contributed by atoms with Crippen molar-refractivity contribution in [3.63, 3.8) is 0 Å². The quantitative estimate of drug-likeness (QED) is 0.734. The van der Waals surface area contributed by atoms with E-state index in [4.69, 9.17) is 11.6 Å². The highest BCUT2D eigenvalue weighted by Gasteiger charge is 2.10. The maximum Gasteiger partial charge on any atom is 0.172 e. The molecule has 1 aromatic carbocycles. The normalized spacial score (nSPS) is 11.4. The first-order valence-electron chi connectivity index (χ1n) is 6.29. The fourth-order valence-corrected chi connectivity index (χ4v) is 2.87. The van der Waals surface area contributed by atoms with Gasteiger partial charge in [-0.15, -0.1) is 0 Å². The highest BCUT2D eigenvalue weighted by atomic mass is 35.5. The molecule has 3 aromatic rings. The molecule has 2 aromatic heterocycles. The number of imidazole rings is 1. The number of hydrogen-bond acceptors (Lipinski definition) is 4. The molecule has 6 heteroatoms. The molecule has 102 valence electrons. The zero-order chi connectivity index (χ0) is 14.1. The Hall–Kier alpha value is -1.59. The SMILES string of the molecule is CC(C)c1nc(Cl)cc(Sc2nc3ccccc3[nH]2)n1. The molecule has 2 heterocycles. The fraction of sp³-hybridized carbons (Fsp3) is 0.214. The minimum Gasteiger partial charge on any atom is -0.333 e. The van der Waals surface area contributed by atoms with Crippen molar-refractivity contribution in [2.45, 2.75) is 29.9 Å². The monoisotopic (exact) mass is 304 g/mol. The van der Waals surface area contributed by atoms with Gasteiger partial charge in [0, 0.05) is 12.0 Å². The van der Waals surface area contributed by atoms with Crippen LogP contribution in [0.25, 0.3) is 11.0 Å². The summed E-state index contributed by atoms with van der Waals surface area (Å²) in [6, 6.07) is 9.68. The summed E-state index contributed by atoms with van der Waals surface area (Å²) >= 11 is 7.50. The molecule has 4 nitrogen and oxygen atoms in total. The molecular weight excluding hydrogens is 292 g/mol. The lowest BCUT2D eigenvalue weighted by atomic mass is 10.2. The van der Waals surface area contributed by atoms with Crippen LogP contribution in [-0.2, 0) is 0 Å². The molecule has 20 heavy (non-hydrogen) atoms. The van der Waals surface area contributed by atoms with Crippen LogP contribution in [-0.4, -0.2) is 19.9 Å². The lowest BCUT2D eigenvalue weighted by molar-refractivity contribution is 0.753. The van der Waals surface area contributed by atoms with Crippen molar-refractivity contribution < 1.29 is 0 Å². The minimum absolute atomic E-state index is 0.240. The molecule has 0 spiro atoms. The Kier molecular flexibility index (Phi) is 3.63. The topological polar surface area (TPSA) is 54.5 Å². The molecular formula is C14H13ClN4S. The van der Waals surface area contributed by atoms with Crippen LogP contribution in [0.2, 0.25) is 5.15 Å². The van der Waals surface area contributed by atoms with Gasteiger partial charge in [0.05, 0.1) is 11.0 Å². The van der Waals surface area contributed by atoms with E-state index in [1.807, 2.05) is 38.1 Å². The number of benzene rings is 1. The van der Waals surface area contributed by atoms with Gasteiger partial charge in [-0.05, 0) is 23.9 Å². The van der Waals surface area contributed by atoms with Crippen molar-refractivity contribution in [2.75, 3.05) is 0 Å². The highest BCUT2D eigenvalue weighted by Crippen LogP contribution is 2.28. The van der Waals surface area contributed by atoms with E-state index in [0.717, 1.165) is 27.0 Å². The van der Waals surface area contributed by atoms with E-state index in [1.165, 1.54) is 11.8 Å². The average Bonchev–Trinajstić information content (AvgIpc) is 2.79. The molecule has 0 fully saturated rings. The summed E-state index contributed by atoms with van der Waals surface area (Å²) in [5, 5.41) is 2.06. The second-order valence-electron chi connectivity index (χ2n) is 4.70. The van der Waals surface area contributed by atoms with Crippen LogP contribution in [0.4, 0.5) is 0 Å². The van der Waals surface area contributed by atoms with E-state index in [9.17, 15) is 0 Å².